The molecule has 20 heavy (non-hydrogen) atoms. The summed E-state index contributed by atoms with van der Waals surface area (Å²) in [5.41, 5.74) is 5.68. The monoisotopic (exact) mass is 298 g/mol. The van der Waals surface area contributed by atoms with E-state index in [1.54, 1.807) is 12.1 Å². The summed E-state index contributed by atoms with van der Waals surface area (Å²) in [5, 5.41) is 0. The third-order valence-electron chi connectivity index (χ3n) is 2.82. The number of furan rings is 1. The van der Waals surface area contributed by atoms with E-state index in [1.807, 2.05) is 0 Å². The van der Waals surface area contributed by atoms with Crippen LogP contribution in [0.3, 0.4) is 0 Å². The van der Waals surface area contributed by atoms with Gasteiger partial charge in [-0.1, -0.05) is 18.2 Å². The van der Waals surface area contributed by atoms with Gasteiger partial charge in [0.05, 0.1) is 6.54 Å². The summed E-state index contributed by atoms with van der Waals surface area (Å²) >= 11 is 0. The van der Waals surface area contributed by atoms with Crippen LogP contribution in [-0.4, -0.2) is 8.42 Å². The predicted molar refractivity (Wildman–Crippen MR) is 71.8 cm³/mol. The quantitative estimate of drug-likeness (QED) is 0.879. The topological polar surface area (TPSA) is 85.3 Å². The molecule has 0 saturated heterocycles. The molecule has 2 aromatic rings. The number of sulfonamides is 1. The Morgan fingerprint density at radius 3 is 2.65 bits per heavy atom. The van der Waals surface area contributed by atoms with E-state index in [2.05, 4.69) is 4.72 Å². The van der Waals surface area contributed by atoms with Crippen molar-refractivity contribution in [1.29, 1.82) is 0 Å². The molecule has 0 amide bonds. The molecular weight excluding hydrogens is 283 g/mol. The van der Waals surface area contributed by atoms with E-state index in [1.165, 1.54) is 25.1 Å². The van der Waals surface area contributed by atoms with Gasteiger partial charge in [-0.25, -0.2) is 17.5 Å². The summed E-state index contributed by atoms with van der Waals surface area (Å²) in [5.74, 6) is 0.182. The van der Waals surface area contributed by atoms with Crippen LogP contribution >= 0.6 is 0 Å². The average molecular weight is 298 g/mol. The lowest BCUT2D eigenvalue weighted by Crippen LogP contribution is -2.24. The van der Waals surface area contributed by atoms with E-state index in [-0.39, 0.29) is 29.3 Å². The van der Waals surface area contributed by atoms with Gasteiger partial charge in [-0.05, 0) is 13.0 Å². The summed E-state index contributed by atoms with van der Waals surface area (Å²) in [6.45, 7) is 1.53. The molecule has 1 heterocycles. The van der Waals surface area contributed by atoms with Gasteiger partial charge in [0.2, 0.25) is 10.0 Å². The molecule has 7 heteroatoms. The van der Waals surface area contributed by atoms with Gasteiger partial charge in [0.25, 0.3) is 0 Å². The second kappa shape index (κ2) is 5.74. The standard InChI is InChI=1S/C13H15FN2O3S/c1-9-13(6-11(7-15)19-9)20(17,18)16-8-10-4-2-3-5-12(10)14/h2-6,16H,7-8,15H2,1H3. The first kappa shape index (κ1) is 14.7. The first-order valence-corrected chi connectivity index (χ1v) is 7.45. The second-order valence-electron chi connectivity index (χ2n) is 4.25. The molecule has 0 aliphatic carbocycles. The van der Waals surface area contributed by atoms with Crippen LogP contribution in [0, 0.1) is 12.7 Å². The molecule has 3 N–H and O–H groups in total. The van der Waals surface area contributed by atoms with E-state index in [0.717, 1.165) is 0 Å². The van der Waals surface area contributed by atoms with Gasteiger partial charge in [-0.2, -0.15) is 0 Å². The minimum atomic E-state index is -3.76. The third kappa shape index (κ3) is 3.06. The van der Waals surface area contributed by atoms with Crippen molar-refractivity contribution in [3.63, 3.8) is 0 Å². The number of hydrogen-bond donors (Lipinski definition) is 2. The van der Waals surface area contributed by atoms with E-state index in [0.29, 0.717) is 5.76 Å². The fraction of sp³-hybridized carbons (Fsp3) is 0.231. The fourth-order valence-corrected chi connectivity index (χ4v) is 2.99. The predicted octanol–water partition coefficient (Wildman–Crippen LogP) is 1.66. The SMILES string of the molecule is Cc1oc(CN)cc1S(=O)(=O)NCc1ccccc1F. The zero-order valence-corrected chi connectivity index (χ0v) is 11.7. The minimum Gasteiger partial charge on any atom is -0.464 e. The van der Waals surface area contributed by atoms with E-state index in [9.17, 15) is 12.8 Å². The second-order valence-corrected chi connectivity index (χ2v) is 5.99. The van der Waals surface area contributed by atoms with Crippen molar-refractivity contribution in [3.05, 3.63) is 53.2 Å². The van der Waals surface area contributed by atoms with Crippen molar-refractivity contribution in [3.8, 4) is 0 Å². The Kier molecular flexibility index (Phi) is 4.22. The van der Waals surface area contributed by atoms with Gasteiger partial charge in [-0.15, -0.1) is 0 Å². The van der Waals surface area contributed by atoms with E-state index < -0.39 is 15.8 Å². The normalized spacial score (nSPS) is 11.8. The number of benzene rings is 1. The molecule has 0 bridgehead atoms. The maximum absolute atomic E-state index is 13.4. The highest BCUT2D eigenvalue weighted by Gasteiger charge is 2.21. The van der Waals surface area contributed by atoms with Crippen LogP contribution in [0.1, 0.15) is 17.1 Å². The number of nitrogens with two attached hydrogens (primary N) is 1. The Morgan fingerprint density at radius 2 is 2.05 bits per heavy atom. The molecular formula is C13H15FN2O3S. The molecule has 2 rings (SSSR count). The highest BCUT2D eigenvalue weighted by molar-refractivity contribution is 7.89. The van der Waals surface area contributed by atoms with Crippen molar-refractivity contribution >= 4 is 10.0 Å². The number of halogens is 1. The lowest BCUT2D eigenvalue weighted by molar-refractivity contribution is 0.478. The highest BCUT2D eigenvalue weighted by atomic mass is 32.2. The Bertz CT molecular complexity index is 710. The van der Waals surface area contributed by atoms with Crippen LogP contribution in [-0.2, 0) is 23.1 Å². The minimum absolute atomic E-state index is 0.0225. The van der Waals surface area contributed by atoms with Crippen LogP contribution < -0.4 is 10.5 Å². The molecule has 0 atom stereocenters. The highest BCUT2D eigenvalue weighted by Crippen LogP contribution is 2.20. The van der Waals surface area contributed by atoms with Crippen molar-refractivity contribution in [2.24, 2.45) is 5.73 Å². The number of aryl methyl sites for hydroxylation is 1. The first-order chi connectivity index (χ1) is 9.44. The molecule has 0 radical (unpaired) electrons. The van der Waals surface area contributed by atoms with E-state index in [4.69, 9.17) is 10.2 Å². The molecule has 0 fully saturated rings. The number of nitrogens with one attached hydrogen (secondary N) is 1. The maximum Gasteiger partial charge on any atom is 0.244 e. The first-order valence-electron chi connectivity index (χ1n) is 5.96. The van der Waals surface area contributed by atoms with Crippen LogP contribution in [0.2, 0.25) is 0 Å². The van der Waals surface area contributed by atoms with Gasteiger partial charge >= 0.3 is 0 Å². The zero-order chi connectivity index (χ0) is 14.8. The summed E-state index contributed by atoms with van der Waals surface area (Å²) in [6.07, 6.45) is 0. The Labute approximate surface area is 116 Å². The molecule has 0 aliphatic heterocycles. The van der Waals surface area contributed by atoms with Gasteiger partial charge in [-0.3, -0.25) is 0 Å². The van der Waals surface area contributed by atoms with Gasteiger partial charge in [0, 0.05) is 18.2 Å². The summed E-state index contributed by atoms with van der Waals surface area (Å²) in [4.78, 5) is 0.0225. The summed E-state index contributed by atoms with van der Waals surface area (Å²) in [7, 11) is -3.76. The molecule has 0 unspecified atom stereocenters. The van der Waals surface area contributed by atoms with Gasteiger partial charge in [0.15, 0.2) is 0 Å². The lowest BCUT2D eigenvalue weighted by Gasteiger charge is -2.06. The molecule has 108 valence electrons. The largest absolute Gasteiger partial charge is 0.464 e. The van der Waals surface area contributed by atoms with Crippen LogP contribution in [0.15, 0.2) is 39.6 Å². The lowest BCUT2D eigenvalue weighted by atomic mass is 10.2. The Hall–Kier alpha value is -1.70. The number of hydrogen-bond acceptors (Lipinski definition) is 4. The molecule has 0 saturated carbocycles. The van der Waals surface area contributed by atoms with Gasteiger partial charge in [0.1, 0.15) is 22.2 Å². The molecule has 0 aliphatic rings. The average Bonchev–Trinajstić information content (AvgIpc) is 2.80. The Balaban J connectivity index is 2.19. The maximum atomic E-state index is 13.4. The fourth-order valence-electron chi connectivity index (χ4n) is 1.78. The van der Waals surface area contributed by atoms with Crippen molar-refractivity contribution in [2.75, 3.05) is 0 Å². The van der Waals surface area contributed by atoms with Gasteiger partial charge < -0.3 is 10.2 Å². The third-order valence-corrected chi connectivity index (χ3v) is 4.33. The summed E-state index contributed by atoms with van der Waals surface area (Å²) in [6, 6.07) is 7.35. The van der Waals surface area contributed by atoms with Crippen molar-refractivity contribution < 1.29 is 17.2 Å². The molecule has 1 aromatic heterocycles. The van der Waals surface area contributed by atoms with Crippen LogP contribution in [0.5, 0.6) is 0 Å². The Morgan fingerprint density at radius 1 is 1.35 bits per heavy atom. The van der Waals surface area contributed by atoms with Crippen molar-refractivity contribution in [1.82, 2.24) is 4.72 Å². The molecule has 0 spiro atoms. The van der Waals surface area contributed by atoms with Crippen LogP contribution in [0.25, 0.3) is 0 Å². The van der Waals surface area contributed by atoms with E-state index >= 15 is 0 Å². The summed E-state index contributed by atoms with van der Waals surface area (Å²) < 4.78 is 45.3. The van der Waals surface area contributed by atoms with Crippen molar-refractivity contribution in [2.45, 2.75) is 24.9 Å². The molecule has 1 aromatic carbocycles. The van der Waals surface area contributed by atoms with Crippen LogP contribution in [0.4, 0.5) is 4.39 Å². The number of rotatable bonds is 5. The zero-order valence-electron chi connectivity index (χ0n) is 10.9. The molecule has 5 nitrogen and oxygen atoms in total. The smallest absolute Gasteiger partial charge is 0.244 e.